The zero-order chi connectivity index (χ0) is 62.3. The molecule has 0 aromatic heterocycles. The summed E-state index contributed by atoms with van der Waals surface area (Å²) in [6.07, 6.45) is -0.771. The summed E-state index contributed by atoms with van der Waals surface area (Å²) < 4.78 is 27.6. The molecule has 3 unspecified atom stereocenters. The molecule has 25 heteroatoms. The van der Waals surface area contributed by atoms with Crippen molar-refractivity contribution in [3.05, 3.63) is 29.8 Å². The summed E-state index contributed by atoms with van der Waals surface area (Å²) in [5, 5.41) is 16.2. The van der Waals surface area contributed by atoms with Gasteiger partial charge in [0.05, 0.1) is 19.8 Å². The molecule has 1 aromatic rings. The van der Waals surface area contributed by atoms with Gasteiger partial charge in [-0.25, -0.2) is 9.59 Å². The average Bonchev–Trinajstić information content (AvgIpc) is 3.41. The van der Waals surface area contributed by atoms with Crippen LogP contribution in [0.25, 0.3) is 0 Å². The smallest absolute Gasteiger partial charge is 0.332 e. The Morgan fingerprint density at radius 3 is 2.06 bits per heavy atom. The second kappa shape index (κ2) is 34.0. The van der Waals surface area contributed by atoms with Crippen LogP contribution in [0.4, 0.5) is 0 Å². The van der Waals surface area contributed by atoms with Crippen molar-refractivity contribution in [3.8, 4) is 5.75 Å². The van der Waals surface area contributed by atoms with Crippen molar-refractivity contribution >= 4 is 65.1 Å². The number of nitrogens with one attached hydrogen (secondary N) is 6. The minimum Gasteiger partial charge on any atom is -0.484 e. The third-order valence-electron chi connectivity index (χ3n) is 14.3. The Bertz CT molecular complexity index is 2380. The number of primary amides is 1. The van der Waals surface area contributed by atoms with Gasteiger partial charge < -0.3 is 71.1 Å². The normalized spacial score (nSPS) is 22.6. The fourth-order valence-electron chi connectivity index (χ4n) is 9.16. The maximum Gasteiger partial charge on any atom is 0.332 e. The lowest BCUT2D eigenvalue weighted by molar-refractivity contribution is -0.161. The second-order valence-corrected chi connectivity index (χ2v) is 23.2. The Hall–Kier alpha value is -6.89. The molecular formula is C58H93N9O16. The number of likely N-dealkylation sites (N-methyl/N-ethyl adjacent to an activating group) is 1. The first-order valence-electron chi connectivity index (χ1n) is 28.9. The lowest BCUT2D eigenvalue weighted by atomic mass is 9.91. The van der Waals surface area contributed by atoms with E-state index in [9.17, 15) is 47.9 Å². The lowest BCUT2D eigenvalue weighted by Crippen LogP contribution is -2.64. The maximum absolute atomic E-state index is 15.1. The Balaban J connectivity index is 2.02. The van der Waals surface area contributed by atoms with E-state index in [0.29, 0.717) is 30.6 Å². The molecule has 2 bridgehead atoms. The molecule has 9 amide bonds. The summed E-state index contributed by atoms with van der Waals surface area (Å²) in [4.78, 5) is 154. The molecule has 2 aliphatic rings. The van der Waals surface area contributed by atoms with Gasteiger partial charge in [0.1, 0.15) is 66.4 Å². The van der Waals surface area contributed by atoms with Crippen LogP contribution in [0.3, 0.4) is 0 Å². The van der Waals surface area contributed by atoms with E-state index in [1.807, 2.05) is 27.7 Å². The molecule has 3 rings (SSSR count). The van der Waals surface area contributed by atoms with Crippen molar-refractivity contribution < 1.29 is 76.4 Å². The first kappa shape index (κ1) is 70.4. The SMILES string of the molecule is CCC(C)[C@@H]1NC(=O)[C@H](Cc2ccc(OCC(=O)NCCOCCOCC(=O)OC(C)(C)C)cc2)N(C)C(=O)[C@H](C(C)CC)N2CCCC(NC(=O)[C@H](CC(C)C)NC(=O)[C@@H](NC(=O)[C@H](CCC(N)=O)NC(=O)C(C)C)[C@@H](C)OC1=O)C2=O. The van der Waals surface area contributed by atoms with Crippen molar-refractivity contribution in [2.45, 2.75) is 188 Å². The number of rotatable bonds is 26. The number of hydrogen-bond acceptors (Lipinski definition) is 16. The molecule has 83 heavy (non-hydrogen) atoms. The van der Waals surface area contributed by atoms with Crippen LogP contribution in [-0.4, -0.2) is 182 Å². The van der Waals surface area contributed by atoms with Crippen LogP contribution in [0, 0.1) is 23.7 Å². The number of carbonyl (C=O) groups excluding carboxylic acids is 11. The van der Waals surface area contributed by atoms with Crippen molar-refractivity contribution in [1.82, 2.24) is 41.7 Å². The number of carbonyl (C=O) groups is 11. The number of piperidine rings is 1. The Morgan fingerprint density at radius 1 is 0.807 bits per heavy atom. The fourth-order valence-corrected chi connectivity index (χ4v) is 9.16. The minimum atomic E-state index is -1.74. The molecule has 2 saturated heterocycles. The van der Waals surface area contributed by atoms with Gasteiger partial charge in [0.2, 0.25) is 47.3 Å². The van der Waals surface area contributed by atoms with E-state index in [-0.39, 0.29) is 84.1 Å². The van der Waals surface area contributed by atoms with Crippen molar-refractivity contribution in [1.29, 1.82) is 0 Å². The maximum atomic E-state index is 15.1. The lowest BCUT2D eigenvalue weighted by Gasteiger charge is -2.42. The topological polar surface area (TPSA) is 339 Å². The summed E-state index contributed by atoms with van der Waals surface area (Å²) in [7, 11) is 1.44. The van der Waals surface area contributed by atoms with Crippen LogP contribution in [-0.2, 0) is 78.1 Å². The van der Waals surface area contributed by atoms with E-state index in [4.69, 9.17) is 29.4 Å². The van der Waals surface area contributed by atoms with Gasteiger partial charge in [-0.1, -0.05) is 80.4 Å². The van der Waals surface area contributed by atoms with Gasteiger partial charge in [0.25, 0.3) is 5.91 Å². The van der Waals surface area contributed by atoms with E-state index in [2.05, 4.69) is 31.9 Å². The first-order chi connectivity index (χ1) is 39.0. The fraction of sp³-hybridized carbons (Fsp3) is 0.707. The quantitative estimate of drug-likeness (QED) is 0.0509. The molecule has 2 aliphatic heterocycles. The van der Waals surface area contributed by atoms with E-state index < -0.39 is 137 Å². The van der Waals surface area contributed by atoms with Gasteiger partial charge in [0.15, 0.2) is 6.61 Å². The van der Waals surface area contributed by atoms with Gasteiger partial charge in [-0.3, -0.25) is 43.2 Å². The second-order valence-electron chi connectivity index (χ2n) is 23.2. The average molecular weight is 1170 g/mol. The molecular weight excluding hydrogens is 1080 g/mol. The van der Waals surface area contributed by atoms with Gasteiger partial charge in [-0.15, -0.1) is 0 Å². The highest BCUT2D eigenvalue weighted by Crippen LogP contribution is 2.26. The van der Waals surface area contributed by atoms with E-state index in [1.54, 1.807) is 72.7 Å². The number of esters is 2. The molecule has 25 nitrogen and oxygen atoms in total. The minimum absolute atomic E-state index is 0.0641. The monoisotopic (exact) mass is 1170 g/mol. The summed E-state index contributed by atoms with van der Waals surface area (Å²) in [5.74, 6) is -9.26. The number of nitrogens with two attached hydrogens (primary N) is 1. The first-order valence-corrected chi connectivity index (χ1v) is 28.9. The number of fused-ring (bicyclic) bond motifs is 2. The largest absolute Gasteiger partial charge is 0.484 e. The van der Waals surface area contributed by atoms with Crippen LogP contribution in [0.5, 0.6) is 5.75 Å². The zero-order valence-corrected chi connectivity index (χ0v) is 50.8. The van der Waals surface area contributed by atoms with Crippen LogP contribution in [0.1, 0.15) is 134 Å². The highest BCUT2D eigenvalue weighted by Gasteiger charge is 2.45. The number of nitrogens with zero attached hydrogens (tertiary/aromatic N) is 2. The molecule has 466 valence electrons. The number of ether oxygens (including phenoxy) is 5. The van der Waals surface area contributed by atoms with Crippen LogP contribution < -0.4 is 42.4 Å². The standard InChI is InChI=1S/C58H93N9O16/c1-14-35(7)47-57(78)82-37(9)48(65-51(72)40(22-23-44(59)68)61-50(71)34(5)6)54(75)63-42(29-33(3)4)52(73)62-41-17-16-25-67(55(41)76)49(36(8)15-2)56(77)66(13)43(53(74)64-47)30-38-18-20-39(21-19-38)81-31-45(69)60-24-26-79-27-28-80-32-46(70)83-58(10,11)12/h18-21,33-37,40-43,47-49H,14-17,22-32H2,1-13H3,(H2,59,68)(H,60,69)(H,61,71)(H,62,73)(H,63,75)(H,64,74)(H,65,72)/t35?,36?,37-,40+,41?,42+,43+,47+,48+,49+/m1/s1. The van der Waals surface area contributed by atoms with E-state index in [1.165, 1.54) is 23.8 Å². The van der Waals surface area contributed by atoms with Crippen LogP contribution in [0.2, 0.25) is 0 Å². The summed E-state index contributed by atoms with van der Waals surface area (Å²) in [6, 6.07) is -2.87. The molecule has 0 aliphatic carbocycles. The molecule has 10 atom stereocenters. The molecule has 0 spiro atoms. The molecule has 0 radical (unpaired) electrons. The predicted octanol–water partition coefficient (Wildman–Crippen LogP) is 1.35. The highest BCUT2D eigenvalue weighted by molar-refractivity contribution is 5.98. The third-order valence-corrected chi connectivity index (χ3v) is 14.3. The van der Waals surface area contributed by atoms with Gasteiger partial charge in [0, 0.05) is 38.9 Å². The number of amides is 9. The van der Waals surface area contributed by atoms with Gasteiger partial charge in [-0.2, -0.15) is 0 Å². The molecule has 8 N–H and O–H groups in total. The molecule has 2 fully saturated rings. The Labute approximate surface area is 488 Å². The molecule has 1 aromatic carbocycles. The Morgan fingerprint density at radius 2 is 1.46 bits per heavy atom. The highest BCUT2D eigenvalue weighted by atomic mass is 16.6. The summed E-state index contributed by atoms with van der Waals surface area (Å²) >= 11 is 0. The summed E-state index contributed by atoms with van der Waals surface area (Å²) in [6.45, 7) is 20.8. The number of cyclic esters (lactones) is 1. The summed E-state index contributed by atoms with van der Waals surface area (Å²) in [5.41, 5.74) is 5.34. The zero-order valence-electron chi connectivity index (χ0n) is 50.8. The van der Waals surface area contributed by atoms with E-state index >= 15 is 4.79 Å². The van der Waals surface area contributed by atoms with E-state index in [0.717, 1.165) is 0 Å². The van der Waals surface area contributed by atoms with Crippen molar-refractivity contribution in [2.24, 2.45) is 29.4 Å². The molecule has 0 saturated carbocycles. The third kappa shape index (κ3) is 23.4. The predicted molar refractivity (Wildman–Crippen MR) is 304 cm³/mol. The van der Waals surface area contributed by atoms with Crippen molar-refractivity contribution in [2.75, 3.05) is 53.2 Å². The van der Waals surface area contributed by atoms with Gasteiger partial charge in [-0.05, 0) is 88.8 Å². The number of benzene rings is 1. The van der Waals surface area contributed by atoms with Gasteiger partial charge >= 0.3 is 11.9 Å². The number of hydrogen-bond donors (Lipinski definition) is 7. The van der Waals surface area contributed by atoms with Crippen LogP contribution >= 0.6 is 0 Å². The van der Waals surface area contributed by atoms with Crippen LogP contribution in [0.15, 0.2) is 24.3 Å². The molecule has 2 heterocycles. The Kier molecular flexibility index (Phi) is 28.8. The van der Waals surface area contributed by atoms with Crippen molar-refractivity contribution in [3.63, 3.8) is 0 Å².